The van der Waals surface area contributed by atoms with Gasteiger partial charge in [-0.2, -0.15) is 0 Å². The molecule has 0 aliphatic heterocycles. The molecule has 1 aromatic rings. The van der Waals surface area contributed by atoms with Crippen LogP contribution in [0, 0.1) is 0 Å². The molecule has 1 amide bonds. The van der Waals surface area contributed by atoms with Gasteiger partial charge in [-0.3, -0.25) is 4.79 Å². The topological polar surface area (TPSA) is 64.1 Å². The molecule has 1 rings (SSSR count). The standard InChI is InChI=1S/C9H13N3O2/c1-14-6-2-4-11-9(13)8-3-5-10-7-12-8/h3,5,7H,2,4,6H2,1H3,(H,11,13). The summed E-state index contributed by atoms with van der Waals surface area (Å²) in [4.78, 5) is 18.9. The second kappa shape index (κ2) is 6.04. The summed E-state index contributed by atoms with van der Waals surface area (Å²) >= 11 is 0. The highest BCUT2D eigenvalue weighted by Gasteiger charge is 2.04. The number of nitrogens with one attached hydrogen (secondary N) is 1. The highest BCUT2D eigenvalue weighted by Crippen LogP contribution is 1.90. The Morgan fingerprint density at radius 2 is 2.50 bits per heavy atom. The number of nitrogens with zero attached hydrogens (tertiary/aromatic N) is 2. The van der Waals surface area contributed by atoms with Crippen molar-refractivity contribution in [3.05, 3.63) is 24.3 Å². The fourth-order valence-electron chi connectivity index (χ4n) is 0.934. The molecule has 1 heterocycles. The van der Waals surface area contributed by atoms with E-state index in [-0.39, 0.29) is 5.91 Å². The predicted octanol–water partition coefficient (Wildman–Crippen LogP) is 0.243. The Hall–Kier alpha value is -1.49. The van der Waals surface area contributed by atoms with Gasteiger partial charge in [0.25, 0.3) is 5.91 Å². The molecule has 1 N–H and O–H groups in total. The molecular weight excluding hydrogens is 182 g/mol. The first kappa shape index (κ1) is 10.6. The first-order valence-corrected chi connectivity index (χ1v) is 4.37. The smallest absolute Gasteiger partial charge is 0.270 e. The molecule has 0 saturated carbocycles. The minimum absolute atomic E-state index is 0.177. The summed E-state index contributed by atoms with van der Waals surface area (Å²) in [6, 6.07) is 1.58. The third-order valence-corrected chi connectivity index (χ3v) is 1.63. The Morgan fingerprint density at radius 1 is 1.64 bits per heavy atom. The summed E-state index contributed by atoms with van der Waals surface area (Å²) < 4.78 is 4.85. The second-order valence-corrected chi connectivity index (χ2v) is 2.70. The maximum absolute atomic E-state index is 11.4. The van der Waals surface area contributed by atoms with Crippen LogP contribution in [0.2, 0.25) is 0 Å². The van der Waals surface area contributed by atoms with E-state index in [0.29, 0.717) is 18.8 Å². The molecule has 5 heteroatoms. The summed E-state index contributed by atoms with van der Waals surface area (Å²) in [6.45, 7) is 1.24. The van der Waals surface area contributed by atoms with E-state index >= 15 is 0 Å². The Kier molecular flexibility index (Phi) is 4.57. The molecule has 1 aromatic heterocycles. The zero-order valence-corrected chi connectivity index (χ0v) is 8.06. The van der Waals surface area contributed by atoms with E-state index in [4.69, 9.17) is 4.74 Å². The SMILES string of the molecule is COCCCNC(=O)c1ccncn1. The van der Waals surface area contributed by atoms with E-state index in [0.717, 1.165) is 6.42 Å². The first-order chi connectivity index (χ1) is 6.84. The van der Waals surface area contributed by atoms with Gasteiger partial charge in [-0.25, -0.2) is 9.97 Å². The predicted molar refractivity (Wildman–Crippen MR) is 50.9 cm³/mol. The van der Waals surface area contributed by atoms with Crippen LogP contribution < -0.4 is 5.32 Å². The maximum Gasteiger partial charge on any atom is 0.270 e. The molecule has 0 spiro atoms. The van der Waals surface area contributed by atoms with E-state index in [9.17, 15) is 4.79 Å². The van der Waals surface area contributed by atoms with E-state index in [1.165, 1.54) is 12.5 Å². The minimum atomic E-state index is -0.177. The number of aromatic nitrogens is 2. The van der Waals surface area contributed by atoms with Crippen molar-refractivity contribution in [3.8, 4) is 0 Å². The normalized spacial score (nSPS) is 9.79. The van der Waals surface area contributed by atoms with Gasteiger partial charge in [0.15, 0.2) is 0 Å². The van der Waals surface area contributed by atoms with Gasteiger partial charge in [0.1, 0.15) is 12.0 Å². The average molecular weight is 195 g/mol. The van der Waals surface area contributed by atoms with E-state index in [1.807, 2.05) is 0 Å². The molecule has 0 aliphatic carbocycles. The van der Waals surface area contributed by atoms with Crippen molar-refractivity contribution in [2.75, 3.05) is 20.3 Å². The fourth-order valence-corrected chi connectivity index (χ4v) is 0.934. The zero-order chi connectivity index (χ0) is 10.2. The van der Waals surface area contributed by atoms with Crippen LogP contribution in [-0.4, -0.2) is 36.1 Å². The number of hydrogen-bond acceptors (Lipinski definition) is 4. The van der Waals surface area contributed by atoms with E-state index in [2.05, 4.69) is 15.3 Å². The number of rotatable bonds is 5. The van der Waals surface area contributed by atoms with Crippen LogP contribution in [0.1, 0.15) is 16.9 Å². The number of methoxy groups -OCH3 is 1. The van der Waals surface area contributed by atoms with Crippen molar-refractivity contribution >= 4 is 5.91 Å². The van der Waals surface area contributed by atoms with Crippen molar-refractivity contribution < 1.29 is 9.53 Å². The maximum atomic E-state index is 11.4. The van der Waals surface area contributed by atoms with Crippen LogP contribution in [0.4, 0.5) is 0 Å². The number of hydrogen-bond donors (Lipinski definition) is 1. The third-order valence-electron chi connectivity index (χ3n) is 1.63. The Balaban J connectivity index is 2.29. The van der Waals surface area contributed by atoms with E-state index in [1.54, 1.807) is 13.2 Å². The molecule has 0 saturated heterocycles. The van der Waals surface area contributed by atoms with Crippen LogP contribution >= 0.6 is 0 Å². The van der Waals surface area contributed by atoms with E-state index < -0.39 is 0 Å². The molecule has 0 fully saturated rings. The second-order valence-electron chi connectivity index (χ2n) is 2.70. The summed E-state index contributed by atoms with van der Waals surface area (Å²) in [6.07, 6.45) is 3.69. The highest BCUT2D eigenvalue weighted by atomic mass is 16.5. The third kappa shape index (κ3) is 3.49. The Labute approximate surface area is 82.5 Å². The first-order valence-electron chi connectivity index (χ1n) is 4.37. The van der Waals surface area contributed by atoms with Crippen LogP contribution in [0.25, 0.3) is 0 Å². The molecule has 0 unspecified atom stereocenters. The van der Waals surface area contributed by atoms with Gasteiger partial charge < -0.3 is 10.1 Å². The van der Waals surface area contributed by atoms with Gasteiger partial charge in [0.05, 0.1) is 0 Å². The minimum Gasteiger partial charge on any atom is -0.385 e. The molecule has 14 heavy (non-hydrogen) atoms. The largest absolute Gasteiger partial charge is 0.385 e. The van der Waals surface area contributed by atoms with Crippen molar-refractivity contribution in [2.45, 2.75) is 6.42 Å². The summed E-state index contributed by atoms with van der Waals surface area (Å²) in [5, 5.41) is 2.72. The molecule has 0 aliphatic rings. The van der Waals surface area contributed by atoms with Crippen LogP contribution in [-0.2, 0) is 4.74 Å². The number of ether oxygens (including phenoxy) is 1. The van der Waals surface area contributed by atoms with Gasteiger partial charge in [-0.1, -0.05) is 0 Å². The number of carbonyl (C=O) groups excluding carboxylic acids is 1. The highest BCUT2D eigenvalue weighted by molar-refractivity contribution is 5.91. The molecule has 0 bridgehead atoms. The molecule has 0 aromatic carbocycles. The van der Waals surface area contributed by atoms with Crippen molar-refractivity contribution in [1.29, 1.82) is 0 Å². The lowest BCUT2D eigenvalue weighted by Crippen LogP contribution is -2.26. The zero-order valence-electron chi connectivity index (χ0n) is 8.06. The molecular formula is C9H13N3O2. The number of carbonyl (C=O) groups is 1. The number of amides is 1. The van der Waals surface area contributed by atoms with Gasteiger partial charge >= 0.3 is 0 Å². The summed E-state index contributed by atoms with van der Waals surface area (Å²) in [7, 11) is 1.63. The lowest BCUT2D eigenvalue weighted by molar-refractivity contribution is 0.0943. The van der Waals surface area contributed by atoms with Crippen molar-refractivity contribution in [2.24, 2.45) is 0 Å². The lowest BCUT2D eigenvalue weighted by Gasteiger charge is -2.03. The van der Waals surface area contributed by atoms with Crippen LogP contribution in [0.3, 0.4) is 0 Å². The molecule has 76 valence electrons. The fraction of sp³-hybridized carbons (Fsp3) is 0.444. The van der Waals surface area contributed by atoms with Gasteiger partial charge in [-0.15, -0.1) is 0 Å². The molecule has 5 nitrogen and oxygen atoms in total. The molecule has 0 atom stereocenters. The van der Waals surface area contributed by atoms with Crippen molar-refractivity contribution in [1.82, 2.24) is 15.3 Å². The Morgan fingerprint density at radius 3 is 3.14 bits per heavy atom. The van der Waals surface area contributed by atoms with Gasteiger partial charge in [0, 0.05) is 26.5 Å². The quantitative estimate of drug-likeness (QED) is 0.684. The summed E-state index contributed by atoms with van der Waals surface area (Å²) in [5.74, 6) is -0.177. The summed E-state index contributed by atoms with van der Waals surface area (Å²) in [5.41, 5.74) is 0.386. The monoisotopic (exact) mass is 195 g/mol. The lowest BCUT2D eigenvalue weighted by atomic mass is 10.3. The van der Waals surface area contributed by atoms with Crippen LogP contribution in [0.15, 0.2) is 18.6 Å². The van der Waals surface area contributed by atoms with Gasteiger partial charge in [-0.05, 0) is 12.5 Å². The van der Waals surface area contributed by atoms with Crippen LogP contribution in [0.5, 0.6) is 0 Å². The molecule has 0 radical (unpaired) electrons. The van der Waals surface area contributed by atoms with Crippen molar-refractivity contribution in [3.63, 3.8) is 0 Å². The average Bonchev–Trinajstić information content (AvgIpc) is 2.25. The Bertz CT molecular complexity index is 277. The van der Waals surface area contributed by atoms with Gasteiger partial charge in [0.2, 0.25) is 0 Å².